The molecule has 0 aliphatic carbocycles. The van der Waals surface area contributed by atoms with Gasteiger partial charge in [0.1, 0.15) is 0 Å². The van der Waals surface area contributed by atoms with Crippen molar-refractivity contribution < 1.29 is 0 Å². The van der Waals surface area contributed by atoms with E-state index in [0.29, 0.717) is 0 Å². The zero-order valence-electron chi connectivity index (χ0n) is 7.87. The molecular formula is C9H18N3-. The molecule has 0 radical (unpaired) electrons. The molecule has 0 bridgehead atoms. The van der Waals surface area contributed by atoms with E-state index in [2.05, 4.69) is 28.8 Å². The number of rotatable bonds is 1. The van der Waals surface area contributed by atoms with E-state index in [9.17, 15) is 0 Å². The van der Waals surface area contributed by atoms with E-state index in [1.807, 2.05) is 0 Å². The molecule has 0 atom stereocenters. The highest BCUT2D eigenvalue weighted by molar-refractivity contribution is 4.89. The molecule has 2 aliphatic heterocycles. The van der Waals surface area contributed by atoms with Gasteiger partial charge in [0.25, 0.3) is 0 Å². The highest BCUT2D eigenvalue weighted by Crippen LogP contribution is 2.14. The van der Waals surface area contributed by atoms with Gasteiger partial charge in [-0.15, -0.1) is 0 Å². The maximum atomic E-state index is 3.90. The third-order valence-electron chi connectivity index (χ3n) is 2.99. The van der Waals surface area contributed by atoms with Gasteiger partial charge in [-0.2, -0.15) is 0 Å². The molecule has 0 aromatic rings. The van der Waals surface area contributed by atoms with Crippen molar-refractivity contribution in [3.63, 3.8) is 0 Å². The van der Waals surface area contributed by atoms with Gasteiger partial charge in [-0.05, 0) is 20.1 Å². The summed E-state index contributed by atoms with van der Waals surface area (Å²) in [4.78, 5) is 7.14. The monoisotopic (exact) mass is 168 g/mol. The molecule has 0 aromatic heterocycles. The largest absolute Gasteiger partial charge is 0.457 e. The molecule has 2 rings (SSSR count). The summed E-state index contributed by atoms with van der Waals surface area (Å²) in [7, 11) is 6.10. The van der Waals surface area contributed by atoms with Gasteiger partial charge in [0.15, 0.2) is 0 Å². The first-order valence-electron chi connectivity index (χ1n) is 4.74. The maximum absolute atomic E-state index is 3.90. The molecule has 70 valence electrons. The predicted molar refractivity (Wildman–Crippen MR) is 49.8 cm³/mol. The summed E-state index contributed by atoms with van der Waals surface area (Å²) in [5.41, 5.74) is 0. The molecule has 3 heteroatoms. The standard InChI is InChI=1S/C9H18N3/c1-10-3-5-12(6-4-10)9-7-11(2)8-9/h9H,2-8H2,1H3/q-1. The highest BCUT2D eigenvalue weighted by Gasteiger charge is 2.27. The van der Waals surface area contributed by atoms with Gasteiger partial charge in [0.2, 0.25) is 0 Å². The van der Waals surface area contributed by atoms with E-state index >= 15 is 0 Å². The van der Waals surface area contributed by atoms with Crippen molar-refractivity contribution in [2.45, 2.75) is 6.04 Å². The SMILES string of the molecule is [CH2-]N1CC(N2CCN(C)CC2)C1. The minimum atomic E-state index is 0.802. The van der Waals surface area contributed by atoms with E-state index in [1.165, 1.54) is 39.3 Å². The van der Waals surface area contributed by atoms with Gasteiger partial charge in [0.05, 0.1) is 0 Å². The third-order valence-corrected chi connectivity index (χ3v) is 2.99. The van der Waals surface area contributed by atoms with Crippen LogP contribution >= 0.6 is 0 Å². The quantitative estimate of drug-likeness (QED) is 0.498. The van der Waals surface area contributed by atoms with E-state index in [4.69, 9.17) is 0 Å². The van der Waals surface area contributed by atoms with Crippen LogP contribution in [0.25, 0.3) is 0 Å². The topological polar surface area (TPSA) is 9.72 Å². The number of hydrogen-bond donors (Lipinski definition) is 0. The Morgan fingerprint density at radius 3 is 2.17 bits per heavy atom. The van der Waals surface area contributed by atoms with Crippen LogP contribution in [-0.4, -0.2) is 67.1 Å². The number of piperazine rings is 1. The van der Waals surface area contributed by atoms with Crippen LogP contribution in [-0.2, 0) is 0 Å². The fourth-order valence-corrected chi connectivity index (χ4v) is 1.96. The van der Waals surface area contributed by atoms with Crippen molar-refractivity contribution in [1.82, 2.24) is 14.7 Å². The lowest BCUT2D eigenvalue weighted by atomic mass is 10.1. The van der Waals surface area contributed by atoms with Crippen LogP contribution in [0.5, 0.6) is 0 Å². The first-order valence-corrected chi connectivity index (χ1v) is 4.74. The summed E-state index contributed by atoms with van der Waals surface area (Å²) >= 11 is 0. The third kappa shape index (κ3) is 1.63. The Bertz CT molecular complexity index is 146. The van der Waals surface area contributed by atoms with Crippen molar-refractivity contribution in [3.05, 3.63) is 7.05 Å². The lowest BCUT2D eigenvalue weighted by molar-refractivity contribution is 0.0319. The normalized spacial score (nSPS) is 30.5. The van der Waals surface area contributed by atoms with E-state index in [0.717, 1.165) is 6.04 Å². The molecule has 0 unspecified atom stereocenters. The summed E-state index contributed by atoms with van der Waals surface area (Å²) in [6, 6.07) is 0.802. The fourth-order valence-electron chi connectivity index (χ4n) is 1.96. The zero-order valence-corrected chi connectivity index (χ0v) is 7.87. The van der Waals surface area contributed by atoms with E-state index in [1.54, 1.807) is 0 Å². The van der Waals surface area contributed by atoms with Crippen LogP contribution in [0.4, 0.5) is 0 Å². The van der Waals surface area contributed by atoms with Gasteiger partial charge in [-0.25, -0.2) is 0 Å². The minimum absolute atomic E-state index is 0.802. The molecule has 0 spiro atoms. The average molecular weight is 168 g/mol. The van der Waals surface area contributed by atoms with Crippen molar-refractivity contribution >= 4 is 0 Å². The number of likely N-dealkylation sites (tertiary alicyclic amines) is 1. The zero-order chi connectivity index (χ0) is 8.55. The van der Waals surface area contributed by atoms with Crippen molar-refractivity contribution in [2.75, 3.05) is 46.3 Å². The van der Waals surface area contributed by atoms with Crippen LogP contribution < -0.4 is 0 Å². The Hall–Kier alpha value is -0.120. The van der Waals surface area contributed by atoms with Crippen molar-refractivity contribution in [1.29, 1.82) is 0 Å². The molecule has 0 amide bonds. The van der Waals surface area contributed by atoms with Gasteiger partial charge in [-0.3, -0.25) is 11.9 Å². The van der Waals surface area contributed by atoms with Gasteiger partial charge < -0.3 is 9.80 Å². The van der Waals surface area contributed by atoms with Crippen molar-refractivity contribution in [2.24, 2.45) is 0 Å². The van der Waals surface area contributed by atoms with Gasteiger partial charge >= 0.3 is 0 Å². The first kappa shape index (κ1) is 8.48. The summed E-state index contributed by atoms with van der Waals surface area (Å²) in [5.74, 6) is 0. The fraction of sp³-hybridized carbons (Fsp3) is 0.889. The number of hydrogen-bond acceptors (Lipinski definition) is 3. The Morgan fingerprint density at radius 2 is 1.67 bits per heavy atom. The van der Waals surface area contributed by atoms with Crippen LogP contribution in [0, 0.1) is 7.05 Å². The molecule has 12 heavy (non-hydrogen) atoms. The molecule has 3 nitrogen and oxygen atoms in total. The average Bonchev–Trinajstić information content (AvgIpc) is 2.01. The number of nitrogens with zero attached hydrogens (tertiary/aromatic N) is 3. The molecule has 2 aliphatic rings. The molecule has 2 fully saturated rings. The molecule has 0 N–H and O–H groups in total. The second-order valence-corrected chi connectivity index (χ2v) is 4.03. The summed E-state index contributed by atoms with van der Waals surface area (Å²) < 4.78 is 0. The summed E-state index contributed by atoms with van der Waals surface area (Å²) in [5, 5.41) is 0. The van der Waals surface area contributed by atoms with E-state index in [-0.39, 0.29) is 0 Å². The second-order valence-electron chi connectivity index (χ2n) is 4.03. The molecule has 2 saturated heterocycles. The Labute approximate surface area is 74.9 Å². The Balaban J connectivity index is 1.75. The summed E-state index contributed by atoms with van der Waals surface area (Å²) in [6.45, 7) is 7.29. The smallest absolute Gasteiger partial charge is 0.0303 e. The van der Waals surface area contributed by atoms with Crippen molar-refractivity contribution in [3.8, 4) is 0 Å². The van der Waals surface area contributed by atoms with Crippen LogP contribution in [0.3, 0.4) is 0 Å². The molecule has 0 saturated carbocycles. The van der Waals surface area contributed by atoms with Crippen LogP contribution in [0.1, 0.15) is 0 Å². The first-order chi connectivity index (χ1) is 5.75. The van der Waals surface area contributed by atoms with Gasteiger partial charge in [-0.1, -0.05) is 0 Å². The molecule has 0 aromatic carbocycles. The Kier molecular flexibility index (Phi) is 2.35. The van der Waals surface area contributed by atoms with Gasteiger partial charge in [0, 0.05) is 32.2 Å². The predicted octanol–water partition coefficient (Wildman–Crippen LogP) is -0.290. The highest BCUT2D eigenvalue weighted by atomic mass is 15.3. The second kappa shape index (κ2) is 3.32. The minimum Gasteiger partial charge on any atom is -0.457 e. The Morgan fingerprint density at radius 1 is 1.08 bits per heavy atom. The molecule has 2 heterocycles. The lowest BCUT2D eigenvalue weighted by Crippen LogP contribution is -2.60. The van der Waals surface area contributed by atoms with Crippen LogP contribution in [0.2, 0.25) is 0 Å². The number of likely N-dealkylation sites (N-methyl/N-ethyl adjacent to an activating group) is 1. The lowest BCUT2D eigenvalue weighted by Gasteiger charge is -2.50. The maximum Gasteiger partial charge on any atom is 0.0303 e. The summed E-state index contributed by atoms with van der Waals surface area (Å²) in [6.07, 6.45) is 0. The molecular weight excluding hydrogens is 150 g/mol. The van der Waals surface area contributed by atoms with E-state index < -0.39 is 0 Å². The van der Waals surface area contributed by atoms with Crippen LogP contribution in [0.15, 0.2) is 0 Å².